The molecule has 0 N–H and O–H groups in total. The minimum atomic E-state index is -0.236. The lowest BCUT2D eigenvalue weighted by atomic mass is 9.66. The lowest BCUT2D eigenvalue weighted by Gasteiger charge is -2.36. The summed E-state index contributed by atoms with van der Waals surface area (Å²) < 4.78 is 5.76. The van der Waals surface area contributed by atoms with E-state index in [0.29, 0.717) is 5.78 Å². The first-order chi connectivity index (χ1) is 12.3. The minimum Gasteiger partial charge on any atom is -0.494 e. The summed E-state index contributed by atoms with van der Waals surface area (Å²) in [6.07, 6.45) is 8.17. The molecule has 1 saturated carbocycles. The summed E-state index contributed by atoms with van der Waals surface area (Å²) in [6, 6.07) is 20.4. The monoisotopic (exact) mass is 336 g/mol. The molecule has 1 atom stereocenters. The van der Waals surface area contributed by atoms with Crippen molar-refractivity contribution >= 4 is 5.78 Å². The van der Waals surface area contributed by atoms with Gasteiger partial charge in [0, 0.05) is 6.42 Å². The van der Waals surface area contributed by atoms with E-state index in [1.54, 1.807) is 0 Å². The number of carbonyl (C=O) groups excluding carboxylic acids is 1. The molecule has 1 aliphatic rings. The fraction of sp³-hybridized carbons (Fsp3) is 0.435. The van der Waals surface area contributed by atoms with E-state index in [1.807, 2.05) is 36.4 Å². The molecule has 0 aliphatic heterocycles. The van der Waals surface area contributed by atoms with Gasteiger partial charge in [-0.25, -0.2) is 0 Å². The predicted molar refractivity (Wildman–Crippen MR) is 102 cm³/mol. The van der Waals surface area contributed by atoms with Crippen molar-refractivity contribution in [2.45, 2.75) is 56.8 Å². The van der Waals surface area contributed by atoms with Gasteiger partial charge in [-0.05, 0) is 43.4 Å². The molecule has 0 saturated heterocycles. The van der Waals surface area contributed by atoms with Gasteiger partial charge in [0.1, 0.15) is 11.5 Å². The Bertz CT molecular complexity index is 650. The second-order valence-corrected chi connectivity index (χ2v) is 7.05. The van der Waals surface area contributed by atoms with Crippen LogP contribution < -0.4 is 4.74 Å². The molecule has 1 unspecified atom stereocenters. The van der Waals surface area contributed by atoms with E-state index in [0.717, 1.165) is 63.7 Å². The second-order valence-electron chi connectivity index (χ2n) is 7.05. The zero-order valence-electron chi connectivity index (χ0n) is 15.0. The predicted octanol–water partition coefficient (Wildman–Crippen LogP) is 5.71. The number of unbranched alkanes of at least 4 members (excludes halogenated alkanes) is 2. The molecule has 0 spiro atoms. The topological polar surface area (TPSA) is 26.3 Å². The van der Waals surface area contributed by atoms with Crippen LogP contribution in [0.15, 0.2) is 60.7 Å². The van der Waals surface area contributed by atoms with E-state index < -0.39 is 0 Å². The van der Waals surface area contributed by atoms with Crippen molar-refractivity contribution in [2.75, 3.05) is 6.61 Å². The van der Waals surface area contributed by atoms with Crippen LogP contribution in [-0.2, 0) is 10.2 Å². The molecule has 3 rings (SSSR count). The molecule has 132 valence electrons. The Labute approximate surface area is 151 Å². The van der Waals surface area contributed by atoms with Crippen molar-refractivity contribution < 1.29 is 9.53 Å². The molecule has 0 bridgehead atoms. The van der Waals surface area contributed by atoms with Gasteiger partial charge in [-0.1, -0.05) is 67.8 Å². The first-order valence-corrected chi connectivity index (χ1v) is 9.58. The zero-order valence-corrected chi connectivity index (χ0v) is 15.0. The molecule has 2 aromatic rings. The Morgan fingerprint density at radius 2 is 1.56 bits per heavy atom. The number of para-hydroxylation sites is 1. The number of carbonyl (C=O) groups is 1. The van der Waals surface area contributed by atoms with Gasteiger partial charge >= 0.3 is 0 Å². The number of Topliss-reactive ketones (excluding diaryl/α,β-unsaturated/α-hetero) is 1. The third kappa shape index (κ3) is 4.50. The maximum Gasteiger partial charge on any atom is 0.143 e. The van der Waals surface area contributed by atoms with E-state index in [2.05, 4.69) is 24.3 Å². The first kappa shape index (κ1) is 17.7. The lowest BCUT2D eigenvalue weighted by Crippen LogP contribution is -2.38. The highest BCUT2D eigenvalue weighted by Gasteiger charge is 2.40. The Morgan fingerprint density at radius 1 is 0.840 bits per heavy atom. The summed E-state index contributed by atoms with van der Waals surface area (Å²) in [4.78, 5) is 12.8. The average Bonchev–Trinajstić information content (AvgIpc) is 2.67. The average molecular weight is 336 g/mol. The molecule has 0 amide bonds. The number of ketones is 1. The van der Waals surface area contributed by atoms with Crippen LogP contribution in [0.1, 0.15) is 56.9 Å². The molecule has 0 aromatic heterocycles. The smallest absolute Gasteiger partial charge is 0.143 e. The molecule has 0 radical (unpaired) electrons. The van der Waals surface area contributed by atoms with Crippen molar-refractivity contribution in [1.29, 1.82) is 0 Å². The summed E-state index contributed by atoms with van der Waals surface area (Å²) in [5.41, 5.74) is 0.986. The van der Waals surface area contributed by atoms with Gasteiger partial charge in [-0.3, -0.25) is 4.79 Å². The van der Waals surface area contributed by atoms with Crippen LogP contribution in [0.5, 0.6) is 5.75 Å². The highest BCUT2D eigenvalue weighted by atomic mass is 16.5. The first-order valence-electron chi connectivity index (χ1n) is 9.58. The quantitative estimate of drug-likeness (QED) is 0.577. The highest BCUT2D eigenvalue weighted by molar-refractivity contribution is 5.90. The van der Waals surface area contributed by atoms with Gasteiger partial charge in [0.25, 0.3) is 0 Å². The number of ether oxygens (including phenoxy) is 1. The molecular weight excluding hydrogens is 308 g/mol. The highest BCUT2D eigenvalue weighted by Crippen LogP contribution is 2.41. The van der Waals surface area contributed by atoms with Crippen molar-refractivity contribution in [3.63, 3.8) is 0 Å². The zero-order chi connectivity index (χ0) is 17.4. The molecule has 2 nitrogen and oxygen atoms in total. The molecule has 0 heterocycles. The van der Waals surface area contributed by atoms with Gasteiger partial charge in [0.2, 0.25) is 0 Å². The minimum absolute atomic E-state index is 0.236. The molecule has 2 heteroatoms. The van der Waals surface area contributed by atoms with E-state index in [9.17, 15) is 4.79 Å². The number of rotatable bonds is 8. The summed E-state index contributed by atoms with van der Waals surface area (Å²) in [6.45, 7) is 0.746. The number of hydrogen-bond donors (Lipinski definition) is 0. The Kier molecular flexibility index (Phi) is 6.27. The second kappa shape index (κ2) is 8.84. The maximum absolute atomic E-state index is 12.8. The van der Waals surface area contributed by atoms with Crippen molar-refractivity contribution in [2.24, 2.45) is 0 Å². The summed E-state index contributed by atoms with van der Waals surface area (Å²) >= 11 is 0. The fourth-order valence-corrected chi connectivity index (χ4v) is 3.97. The number of benzene rings is 2. The van der Waals surface area contributed by atoms with Crippen LogP contribution in [0.4, 0.5) is 0 Å². The third-order valence-corrected chi connectivity index (χ3v) is 5.38. The van der Waals surface area contributed by atoms with Crippen LogP contribution in [0, 0.1) is 0 Å². The molecule has 2 aromatic carbocycles. The van der Waals surface area contributed by atoms with Crippen LogP contribution >= 0.6 is 0 Å². The van der Waals surface area contributed by atoms with Gasteiger partial charge in [-0.15, -0.1) is 0 Å². The van der Waals surface area contributed by atoms with Crippen LogP contribution in [0.2, 0.25) is 0 Å². The van der Waals surface area contributed by atoms with Crippen molar-refractivity contribution in [3.8, 4) is 5.75 Å². The normalized spacial score (nSPS) is 20.4. The third-order valence-electron chi connectivity index (χ3n) is 5.38. The van der Waals surface area contributed by atoms with E-state index in [-0.39, 0.29) is 5.41 Å². The van der Waals surface area contributed by atoms with Crippen molar-refractivity contribution in [1.82, 2.24) is 0 Å². The largest absolute Gasteiger partial charge is 0.494 e. The Balaban J connectivity index is 1.51. The van der Waals surface area contributed by atoms with Crippen LogP contribution in [0.25, 0.3) is 0 Å². The van der Waals surface area contributed by atoms with Gasteiger partial charge in [0.15, 0.2) is 0 Å². The van der Waals surface area contributed by atoms with Crippen LogP contribution in [0.3, 0.4) is 0 Å². The van der Waals surface area contributed by atoms with Gasteiger partial charge in [0.05, 0.1) is 12.0 Å². The molecule has 1 aliphatic carbocycles. The van der Waals surface area contributed by atoms with Crippen molar-refractivity contribution in [3.05, 3.63) is 66.2 Å². The SMILES string of the molecule is O=C1CCCCC1(CCCCCOc1ccccc1)c1ccccc1. The fourth-order valence-electron chi connectivity index (χ4n) is 3.97. The molecule has 25 heavy (non-hydrogen) atoms. The lowest BCUT2D eigenvalue weighted by molar-refractivity contribution is -0.127. The van der Waals surface area contributed by atoms with E-state index in [4.69, 9.17) is 4.74 Å². The standard InChI is InChI=1S/C23H28O2/c24-22-16-8-10-18-23(22,20-12-4-1-5-13-20)17-9-3-11-19-25-21-14-6-2-7-15-21/h1-2,4-7,12-15H,3,8-11,16-19H2. The van der Waals surface area contributed by atoms with Gasteiger partial charge < -0.3 is 4.74 Å². The number of hydrogen-bond acceptors (Lipinski definition) is 2. The van der Waals surface area contributed by atoms with Crippen LogP contribution in [-0.4, -0.2) is 12.4 Å². The van der Waals surface area contributed by atoms with E-state index >= 15 is 0 Å². The Hall–Kier alpha value is -2.09. The molecular formula is C23H28O2. The van der Waals surface area contributed by atoms with Gasteiger partial charge in [-0.2, -0.15) is 0 Å². The summed E-state index contributed by atoms with van der Waals surface area (Å²) in [7, 11) is 0. The summed E-state index contributed by atoms with van der Waals surface area (Å²) in [5, 5.41) is 0. The van der Waals surface area contributed by atoms with E-state index in [1.165, 1.54) is 5.56 Å². The Morgan fingerprint density at radius 3 is 2.28 bits per heavy atom. The molecule has 1 fully saturated rings. The maximum atomic E-state index is 12.8. The summed E-state index contributed by atoms with van der Waals surface area (Å²) in [5.74, 6) is 1.39.